The van der Waals surface area contributed by atoms with E-state index in [1.54, 1.807) is 30.3 Å². The first-order valence-electron chi connectivity index (χ1n) is 10.5. The number of hydrogen-bond donors (Lipinski definition) is 2. The van der Waals surface area contributed by atoms with Gasteiger partial charge in [0, 0.05) is 29.5 Å². The minimum Gasteiger partial charge on any atom is -0.487 e. The van der Waals surface area contributed by atoms with Crippen LogP contribution in [-0.2, 0) is 14.2 Å². The predicted octanol–water partition coefficient (Wildman–Crippen LogP) is 3.19. The van der Waals surface area contributed by atoms with Crippen molar-refractivity contribution in [2.24, 2.45) is 0 Å². The van der Waals surface area contributed by atoms with Crippen LogP contribution in [0.4, 0.5) is 11.4 Å². The molecule has 0 unspecified atom stereocenters. The molecule has 1 aliphatic rings. The van der Waals surface area contributed by atoms with E-state index in [-0.39, 0.29) is 5.91 Å². The van der Waals surface area contributed by atoms with E-state index >= 15 is 0 Å². The minimum atomic E-state index is -0.196. The van der Waals surface area contributed by atoms with Crippen molar-refractivity contribution in [3.63, 3.8) is 0 Å². The molecule has 2 aromatic rings. The summed E-state index contributed by atoms with van der Waals surface area (Å²) in [5, 5.41) is 6.11. The quantitative estimate of drug-likeness (QED) is 0.770. The molecule has 2 N–H and O–H groups in total. The van der Waals surface area contributed by atoms with Crippen LogP contribution in [0.25, 0.3) is 0 Å². The number of nitrogens with one attached hydrogen (secondary N) is 2. The van der Waals surface area contributed by atoms with Gasteiger partial charge in [0.05, 0.1) is 39.6 Å². The van der Waals surface area contributed by atoms with Crippen molar-refractivity contribution < 1.29 is 28.5 Å². The van der Waals surface area contributed by atoms with Crippen LogP contribution in [0.5, 0.6) is 11.5 Å². The van der Waals surface area contributed by atoms with Gasteiger partial charge in [0.2, 0.25) is 0 Å². The van der Waals surface area contributed by atoms with E-state index in [1.807, 2.05) is 19.1 Å². The first kappa shape index (κ1) is 22.9. The fourth-order valence-electron chi connectivity index (χ4n) is 2.93. The highest BCUT2D eigenvalue weighted by Crippen LogP contribution is 2.31. The number of carbonyl (C=O) groups excluding carboxylic acids is 1. The van der Waals surface area contributed by atoms with Crippen molar-refractivity contribution in [2.45, 2.75) is 6.92 Å². The highest BCUT2D eigenvalue weighted by atomic mass is 16.6. The second kappa shape index (κ2) is 12.8. The molecular weight excluding hydrogens is 400 g/mol. The van der Waals surface area contributed by atoms with Crippen molar-refractivity contribution in [1.82, 2.24) is 0 Å². The third-order valence-corrected chi connectivity index (χ3v) is 4.44. The number of fused-ring (bicyclic) bond motifs is 1. The fraction of sp³-hybridized carbons (Fsp3) is 0.435. The van der Waals surface area contributed by atoms with E-state index in [4.69, 9.17) is 23.7 Å². The van der Waals surface area contributed by atoms with Crippen LogP contribution < -0.4 is 20.1 Å². The van der Waals surface area contributed by atoms with Gasteiger partial charge in [-0.15, -0.1) is 0 Å². The molecule has 0 radical (unpaired) electrons. The van der Waals surface area contributed by atoms with Gasteiger partial charge in [-0.25, -0.2) is 0 Å². The van der Waals surface area contributed by atoms with Gasteiger partial charge in [0.15, 0.2) is 11.5 Å². The molecule has 0 aliphatic carbocycles. The van der Waals surface area contributed by atoms with Crippen molar-refractivity contribution in [1.29, 1.82) is 0 Å². The molecule has 0 aromatic heterocycles. The lowest BCUT2D eigenvalue weighted by molar-refractivity contribution is 0.00708. The Kier molecular flexibility index (Phi) is 9.43. The average molecular weight is 431 g/mol. The molecule has 1 aliphatic heterocycles. The van der Waals surface area contributed by atoms with Crippen LogP contribution in [0.3, 0.4) is 0 Å². The van der Waals surface area contributed by atoms with E-state index in [0.717, 1.165) is 12.2 Å². The third-order valence-electron chi connectivity index (χ3n) is 4.44. The molecule has 0 spiro atoms. The summed E-state index contributed by atoms with van der Waals surface area (Å²) in [7, 11) is 0. The van der Waals surface area contributed by atoms with Crippen molar-refractivity contribution in [3.8, 4) is 11.5 Å². The number of hydrogen-bond acceptors (Lipinski definition) is 7. The Morgan fingerprint density at radius 1 is 0.742 bits per heavy atom. The van der Waals surface area contributed by atoms with Gasteiger partial charge in [0.25, 0.3) is 5.91 Å². The maximum Gasteiger partial charge on any atom is 0.255 e. The Bertz CT molecular complexity index is 812. The monoisotopic (exact) mass is 430 g/mol. The molecule has 0 bridgehead atoms. The lowest BCUT2D eigenvalue weighted by atomic mass is 10.2. The van der Waals surface area contributed by atoms with Crippen LogP contribution in [0.2, 0.25) is 0 Å². The molecule has 1 heterocycles. The molecule has 0 saturated heterocycles. The summed E-state index contributed by atoms with van der Waals surface area (Å²) < 4.78 is 28.0. The van der Waals surface area contributed by atoms with Crippen LogP contribution in [0.15, 0.2) is 42.5 Å². The van der Waals surface area contributed by atoms with Crippen LogP contribution >= 0.6 is 0 Å². The third kappa shape index (κ3) is 7.75. The average Bonchev–Trinajstić information content (AvgIpc) is 2.79. The molecule has 0 fully saturated rings. The topological polar surface area (TPSA) is 87.3 Å². The molecule has 8 nitrogen and oxygen atoms in total. The lowest BCUT2D eigenvalue weighted by Crippen LogP contribution is -2.13. The van der Waals surface area contributed by atoms with E-state index in [1.165, 1.54) is 0 Å². The summed E-state index contributed by atoms with van der Waals surface area (Å²) in [5.41, 5.74) is 2.17. The van der Waals surface area contributed by atoms with Crippen molar-refractivity contribution in [2.75, 3.05) is 70.0 Å². The molecule has 31 heavy (non-hydrogen) atoms. The lowest BCUT2D eigenvalue weighted by Gasteiger charge is -2.15. The Labute approximate surface area is 182 Å². The summed E-state index contributed by atoms with van der Waals surface area (Å²) in [4.78, 5) is 12.6. The van der Waals surface area contributed by atoms with Gasteiger partial charge < -0.3 is 34.3 Å². The summed E-state index contributed by atoms with van der Waals surface area (Å²) in [6.45, 7) is 6.51. The Morgan fingerprint density at radius 3 is 1.90 bits per heavy atom. The van der Waals surface area contributed by atoms with Gasteiger partial charge in [-0.1, -0.05) is 0 Å². The van der Waals surface area contributed by atoms with E-state index in [9.17, 15) is 4.79 Å². The second-order valence-electron chi connectivity index (χ2n) is 6.76. The molecular formula is C23H30N2O6. The maximum atomic E-state index is 12.6. The van der Waals surface area contributed by atoms with Crippen molar-refractivity contribution in [3.05, 3.63) is 48.0 Å². The molecule has 3 rings (SSSR count). The maximum absolute atomic E-state index is 12.6. The zero-order valence-corrected chi connectivity index (χ0v) is 17.9. The highest BCUT2D eigenvalue weighted by Gasteiger charge is 2.11. The molecule has 2 aromatic carbocycles. The molecule has 0 saturated carbocycles. The summed E-state index contributed by atoms with van der Waals surface area (Å²) in [5.74, 6) is 0.926. The first-order chi connectivity index (χ1) is 15.3. The van der Waals surface area contributed by atoms with E-state index < -0.39 is 0 Å². The highest BCUT2D eigenvalue weighted by molar-refractivity contribution is 6.04. The van der Waals surface area contributed by atoms with Gasteiger partial charge in [-0.05, 0) is 43.3 Å². The standard InChI is InChI=1S/C23H30N2O6/c1-2-24-19-5-3-18(4-6-19)23(26)25-20-7-8-21-22(17-20)31-16-14-29-12-10-27-9-11-28-13-15-30-21/h3-8,17,24H,2,9-16H2,1H3,(H,25,26). The number of benzene rings is 2. The number of rotatable bonds is 4. The van der Waals surface area contributed by atoms with Crippen molar-refractivity contribution >= 4 is 17.3 Å². The molecule has 0 atom stereocenters. The zero-order valence-electron chi connectivity index (χ0n) is 17.9. The minimum absolute atomic E-state index is 0.196. The van der Waals surface area contributed by atoms with Gasteiger partial charge >= 0.3 is 0 Å². The predicted molar refractivity (Wildman–Crippen MR) is 118 cm³/mol. The zero-order chi connectivity index (χ0) is 21.7. The number of carbonyl (C=O) groups is 1. The summed E-state index contributed by atoms with van der Waals surface area (Å²) in [6, 6.07) is 12.7. The second-order valence-corrected chi connectivity index (χ2v) is 6.76. The number of ether oxygens (including phenoxy) is 5. The normalized spacial score (nSPS) is 15.9. The van der Waals surface area contributed by atoms with Gasteiger partial charge in [-0.3, -0.25) is 4.79 Å². The van der Waals surface area contributed by atoms with E-state index in [2.05, 4.69) is 10.6 Å². The van der Waals surface area contributed by atoms with Gasteiger partial charge in [-0.2, -0.15) is 0 Å². The van der Waals surface area contributed by atoms with Crippen LogP contribution in [0, 0.1) is 0 Å². The molecule has 1 amide bonds. The Hall–Kier alpha value is -2.81. The van der Waals surface area contributed by atoms with E-state index in [0.29, 0.717) is 75.6 Å². The molecule has 8 heteroatoms. The smallest absolute Gasteiger partial charge is 0.255 e. The molecule has 168 valence electrons. The number of amides is 1. The number of anilines is 2. The van der Waals surface area contributed by atoms with Crippen LogP contribution in [-0.4, -0.2) is 65.3 Å². The largest absolute Gasteiger partial charge is 0.487 e. The first-order valence-corrected chi connectivity index (χ1v) is 10.5. The Balaban J connectivity index is 1.65. The van der Waals surface area contributed by atoms with Crippen LogP contribution in [0.1, 0.15) is 17.3 Å². The fourth-order valence-corrected chi connectivity index (χ4v) is 2.93. The summed E-state index contributed by atoms with van der Waals surface area (Å²) in [6.07, 6.45) is 0. The Morgan fingerprint density at radius 2 is 1.29 bits per heavy atom. The van der Waals surface area contributed by atoms with Gasteiger partial charge in [0.1, 0.15) is 13.2 Å². The SMILES string of the molecule is CCNc1ccc(C(=O)Nc2ccc3c(c2)OCCOCCOCCOCCO3)cc1. The summed E-state index contributed by atoms with van der Waals surface area (Å²) >= 11 is 0.